The molecule has 1 aromatic heterocycles. The van der Waals surface area contributed by atoms with Crippen LogP contribution >= 0.6 is 0 Å². The van der Waals surface area contributed by atoms with Crippen LogP contribution in [-0.2, 0) is 11.3 Å². The van der Waals surface area contributed by atoms with E-state index in [0.29, 0.717) is 12.2 Å². The number of likely N-dealkylation sites (N-methyl/N-ethyl adjacent to an activating group) is 1. The number of carboxylic acid groups (broad SMARTS) is 1. The lowest BCUT2D eigenvalue weighted by atomic mass is 10.4. The molecule has 0 fully saturated rings. The first-order valence-electron chi connectivity index (χ1n) is 6.82. The molecule has 0 aromatic carbocycles. The van der Waals surface area contributed by atoms with Crippen molar-refractivity contribution in [3.63, 3.8) is 0 Å². The van der Waals surface area contributed by atoms with Gasteiger partial charge in [0, 0.05) is 19.3 Å². The highest BCUT2D eigenvalue weighted by atomic mass is 16.4. The van der Waals surface area contributed by atoms with E-state index in [1.165, 1.54) is 4.68 Å². The fourth-order valence-electron chi connectivity index (χ4n) is 1.78. The van der Waals surface area contributed by atoms with Crippen LogP contribution in [0.1, 0.15) is 30.8 Å². The molecular formula is C13H22N4O3. The van der Waals surface area contributed by atoms with Crippen LogP contribution in [0.3, 0.4) is 0 Å². The van der Waals surface area contributed by atoms with Gasteiger partial charge in [-0.05, 0) is 19.2 Å². The van der Waals surface area contributed by atoms with E-state index >= 15 is 0 Å². The van der Waals surface area contributed by atoms with Gasteiger partial charge in [-0.15, -0.1) is 0 Å². The highest BCUT2D eigenvalue weighted by Gasteiger charge is 2.10. The lowest BCUT2D eigenvalue weighted by Gasteiger charge is -2.17. The number of carbonyl (C=O) groups is 2. The second-order valence-corrected chi connectivity index (χ2v) is 4.39. The van der Waals surface area contributed by atoms with Gasteiger partial charge >= 0.3 is 5.97 Å². The standard InChI is InChI=1S/C13H22N4O3/c1-3-16(4-2)10-7-14-13(20)11-5-8-17(15-11)9-6-12(18)19/h5,8H,3-4,6-7,9-10H2,1-2H3,(H,14,20)(H,18,19). The van der Waals surface area contributed by atoms with E-state index < -0.39 is 5.97 Å². The van der Waals surface area contributed by atoms with Crippen molar-refractivity contribution < 1.29 is 14.7 Å². The summed E-state index contributed by atoms with van der Waals surface area (Å²) in [7, 11) is 0. The van der Waals surface area contributed by atoms with Gasteiger partial charge in [-0.2, -0.15) is 5.10 Å². The fourth-order valence-corrected chi connectivity index (χ4v) is 1.78. The van der Waals surface area contributed by atoms with E-state index in [9.17, 15) is 9.59 Å². The molecule has 7 heteroatoms. The molecule has 0 aliphatic carbocycles. The zero-order valence-electron chi connectivity index (χ0n) is 12.0. The van der Waals surface area contributed by atoms with E-state index in [1.54, 1.807) is 12.3 Å². The van der Waals surface area contributed by atoms with Crippen LogP contribution in [0.5, 0.6) is 0 Å². The van der Waals surface area contributed by atoms with Gasteiger partial charge in [-0.25, -0.2) is 0 Å². The smallest absolute Gasteiger partial charge is 0.305 e. The summed E-state index contributed by atoms with van der Waals surface area (Å²) in [6.45, 7) is 7.71. The van der Waals surface area contributed by atoms with Gasteiger partial charge in [0.05, 0.1) is 13.0 Å². The van der Waals surface area contributed by atoms with Crippen LogP contribution in [0.25, 0.3) is 0 Å². The normalized spacial score (nSPS) is 10.8. The minimum Gasteiger partial charge on any atom is -0.481 e. The average molecular weight is 282 g/mol. The molecular weight excluding hydrogens is 260 g/mol. The number of amides is 1. The highest BCUT2D eigenvalue weighted by Crippen LogP contribution is 1.97. The molecule has 1 amide bonds. The first-order chi connectivity index (χ1) is 9.56. The van der Waals surface area contributed by atoms with Gasteiger partial charge in [0.15, 0.2) is 0 Å². The molecule has 0 aliphatic rings. The van der Waals surface area contributed by atoms with Crippen LogP contribution < -0.4 is 5.32 Å². The van der Waals surface area contributed by atoms with Crippen LogP contribution in [0.4, 0.5) is 0 Å². The van der Waals surface area contributed by atoms with Crippen molar-refractivity contribution in [3.05, 3.63) is 18.0 Å². The fraction of sp³-hybridized carbons (Fsp3) is 0.615. The summed E-state index contributed by atoms with van der Waals surface area (Å²) in [4.78, 5) is 24.5. The maximum atomic E-state index is 11.8. The monoisotopic (exact) mass is 282 g/mol. The zero-order valence-corrected chi connectivity index (χ0v) is 12.0. The second-order valence-electron chi connectivity index (χ2n) is 4.39. The van der Waals surface area contributed by atoms with E-state index in [4.69, 9.17) is 5.11 Å². The summed E-state index contributed by atoms with van der Waals surface area (Å²) in [6, 6.07) is 1.59. The van der Waals surface area contributed by atoms with E-state index in [1.807, 2.05) is 0 Å². The van der Waals surface area contributed by atoms with Crippen LogP contribution in [0.15, 0.2) is 12.3 Å². The van der Waals surface area contributed by atoms with Crippen LogP contribution in [0, 0.1) is 0 Å². The predicted molar refractivity (Wildman–Crippen MR) is 74.6 cm³/mol. The number of aliphatic carboxylic acids is 1. The van der Waals surface area contributed by atoms with Crippen molar-refractivity contribution in [2.45, 2.75) is 26.8 Å². The Balaban J connectivity index is 2.38. The summed E-state index contributed by atoms with van der Waals surface area (Å²) in [5.41, 5.74) is 0.315. The molecule has 0 spiro atoms. The number of aromatic nitrogens is 2. The van der Waals surface area contributed by atoms with Crippen molar-refractivity contribution in [1.82, 2.24) is 20.0 Å². The molecule has 2 N–H and O–H groups in total. The summed E-state index contributed by atoms with van der Waals surface area (Å²) < 4.78 is 1.47. The highest BCUT2D eigenvalue weighted by molar-refractivity contribution is 5.92. The van der Waals surface area contributed by atoms with Crippen molar-refractivity contribution in [2.24, 2.45) is 0 Å². The molecule has 0 unspecified atom stereocenters. The Kier molecular flexibility index (Phi) is 6.72. The van der Waals surface area contributed by atoms with Crippen molar-refractivity contribution in [3.8, 4) is 0 Å². The SMILES string of the molecule is CCN(CC)CCNC(=O)c1ccn(CCC(=O)O)n1. The van der Waals surface area contributed by atoms with E-state index in [0.717, 1.165) is 19.6 Å². The van der Waals surface area contributed by atoms with Crippen molar-refractivity contribution in [1.29, 1.82) is 0 Å². The molecule has 20 heavy (non-hydrogen) atoms. The number of rotatable bonds is 9. The Hall–Kier alpha value is -1.89. The van der Waals surface area contributed by atoms with Gasteiger partial charge in [-0.1, -0.05) is 13.8 Å². The molecule has 0 atom stereocenters. The molecule has 1 aromatic rings. The van der Waals surface area contributed by atoms with Gasteiger partial charge in [-0.3, -0.25) is 14.3 Å². The molecule has 1 rings (SSSR count). The lowest BCUT2D eigenvalue weighted by molar-refractivity contribution is -0.137. The van der Waals surface area contributed by atoms with Crippen molar-refractivity contribution >= 4 is 11.9 Å². The number of nitrogens with zero attached hydrogens (tertiary/aromatic N) is 3. The second kappa shape index (κ2) is 8.31. The summed E-state index contributed by atoms with van der Waals surface area (Å²) in [6.07, 6.45) is 1.60. The Morgan fingerprint density at radius 1 is 1.40 bits per heavy atom. The lowest BCUT2D eigenvalue weighted by Crippen LogP contribution is -2.35. The molecule has 7 nitrogen and oxygen atoms in total. The minimum atomic E-state index is -0.884. The summed E-state index contributed by atoms with van der Waals surface area (Å²) >= 11 is 0. The third kappa shape index (κ3) is 5.40. The molecule has 0 aliphatic heterocycles. The summed E-state index contributed by atoms with van der Waals surface area (Å²) in [5.74, 6) is -1.11. The predicted octanol–water partition coefficient (Wildman–Crippen LogP) is 0.429. The van der Waals surface area contributed by atoms with E-state index in [2.05, 4.69) is 29.2 Å². The molecule has 0 radical (unpaired) electrons. The molecule has 0 saturated carbocycles. The third-order valence-electron chi connectivity index (χ3n) is 3.04. The number of nitrogens with one attached hydrogen (secondary N) is 1. The third-order valence-corrected chi connectivity index (χ3v) is 3.04. The van der Waals surface area contributed by atoms with Crippen LogP contribution in [-0.4, -0.2) is 57.8 Å². The Labute approximate surface area is 118 Å². The summed E-state index contributed by atoms with van der Waals surface area (Å²) in [5, 5.41) is 15.4. The van der Waals surface area contributed by atoms with Gasteiger partial charge in [0.25, 0.3) is 5.91 Å². The Bertz CT molecular complexity index is 441. The quantitative estimate of drug-likeness (QED) is 0.686. The number of hydrogen-bond donors (Lipinski definition) is 2. The maximum Gasteiger partial charge on any atom is 0.305 e. The molecule has 0 saturated heterocycles. The van der Waals surface area contributed by atoms with Gasteiger partial charge < -0.3 is 15.3 Å². The van der Waals surface area contributed by atoms with Crippen molar-refractivity contribution in [2.75, 3.05) is 26.2 Å². The Morgan fingerprint density at radius 3 is 2.70 bits per heavy atom. The largest absolute Gasteiger partial charge is 0.481 e. The van der Waals surface area contributed by atoms with Gasteiger partial charge in [0.2, 0.25) is 0 Å². The number of aryl methyl sites for hydroxylation is 1. The molecule has 1 heterocycles. The number of carboxylic acids is 1. The van der Waals surface area contributed by atoms with Crippen LogP contribution in [0.2, 0.25) is 0 Å². The number of carbonyl (C=O) groups excluding carboxylic acids is 1. The first kappa shape index (κ1) is 16.2. The Morgan fingerprint density at radius 2 is 2.10 bits per heavy atom. The zero-order chi connectivity index (χ0) is 15.0. The first-order valence-corrected chi connectivity index (χ1v) is 6.82. The maximum absolute atomic E-state index is 11.8. The molecule has 0 bridgehead atoms. The van der Waals surface area contributed by atoms with Gasteiger partial charge in [0.1, 0.15) is 5.69 Å². The van der Waals surface area contributed by atoms with E-state index in [-0.39, 0.29) is 18.9 Å². The average Bonchev–Trinajstić information content (AvgIpc) is 2.90. The molecule has 112 valence electrons. The number of hydrogen-bond acceptors (Lipinski definition) is 4. The minimum absolute atomic E-state index is 0.00923. The topological polar surface area (TPSA) is 87.5 Å².